The Kier molecular flexibility index (Phi) is 5.66. The smallest absolute Gasteiger partial charge is 0.159 e. The maximum Gasteiger partial charge on any atom is 0.159 e. The lowest BCUT2D eigenvalue weighted by Gasteiger charge is -2.12. The summed E-state index contributed by atoms with van der Waals surface area (Å²) in [6, 6.07) is 5.39. The normalized spacial score (nSPS) is 14.4. The maximum absolute atomic E-state index is 11.6. The second-order valence-electron chi connectivity index (χ2n) is 6.29. The van der Waals surface area contributed by atoms with Gasteiger partial charge in [0.2, 0.25) is 0 Å². The van der Waals surface area contributed by atoms with Crippen molar-refractivity contribution in [2.75, 3.05) is 20.3 Å². The minimum absolute atomic E-state index is 0.000464. The SMILES string of the molecule is COC(C)CN/C(=N\C=N)c1cn2c(n1)-c1ccc(C(C)=O)cc1OCC2. The summed E-state index contributed by atoms with van der Waals surface area (Å²) in [6.07, 6.45) is 2.88. The highest BCUT2D eigenvalue weighted by molar-refractivity contribution is 6.01. The Morgan fingerprint density at radius 2 is 2.37 bits per heavy atom. The number of amidine groups is 1. The van der Waals surface area contributed by atoms with Crippen LogP contribution in [0.4, 0.5) is 0 Å². The van der Waals surface area contributed by atoms with E-state index in [9.17, 15) is 4.79 Å². The maximum atomic E-state index is 11.6. The number of hydrogen-bond acceptors (Lipinski definition) is 5. The van der Waals surface area contributed by atoms with Crippen molar-refractivity contribution in [3.05, 3.63) is 35.7 Å². The summed E-state index contributed by atoms with van der Waals surface area (Å²) >= 11 is 0. The van der Waals surface area contributed by atoms with Gasteiger partial charge in [-0.25, -0.2) is 9.98 Å². The Labute approximate surface area is 157 Å². The van der Waals surface area contributed by atoms with E-state index in [1.54, 1.807) is 19.2 Å². The van der Waals surface area contributed by atoms with Gasteiger partial charge in [-0.3, -0.25) is 10.2 Å². The molecule has 1 unspecified atom stereocenters. The number of methoxy groups -OCH3 is 1. The van der Waals surface area contributed by atoms with Crippen molar-refractivity contribution in [3.63, 3.8) is 0 Å². The number of aromatic nitrogens is 2. The van der Waals surface area contributed by atoms with E-state index in [0.717, 1.165) is 17.7 Å². The zero-order valence-corrected chi connectivity index (χ0v) is 15.7. The fourth-order valence-electron chi connectivity index (χ4n) is 2.81. The Bertz CT molecular complexity index is 887. The molecule has 2 aromatic rings. The number of fused-ring (bicyclic) bond motifs is 3. The molecule has 1 atom stereocenters. The Balaban J connectivity index is 1.97. The molecule has 1 aliphatic rings. The number of nitrogens with one attached hydrogen (secondary N) is 2. The molecule has 0 amide bonds. The van der Waals surface area contributed by atoms with Crippen LogP contribution >= 0.6 is 0 Å². The first kappa shape index (κ1) is 18.8. The third-order valence-electron chi connectivity index (χ3n) is 4.39. The zero-order valence-electron chi connectivity index (χ0n) is 15.7. The number of nitrogens with zero attached hydrogens (tertiary/aromatic N) is 3. The number of imidazole rings is 1. The fraction of sp³-hybridized carbons (Fsp3) is 0.368. The van der Waals surface area contributed by atoms with Gasteiger partial charge in [-0.2, -0.15) is 0 Å². The van der Waals surface area contributed by atoms with Crippen LogP contribution in [-0.4, -0.2) is 53.9 Å². The lowest BCUT2D eigenvalue weighted by molar-refractivity contribution is 0.101. The third-order valence-corrected chi connectivity index (χ3v) is 4.39. The minimum atomic E-state index is -0.00783. The van der Waals surface area contributed by atoms with Gasteiger partial charge in [0.15, 0.2) is 11.6 Å². The first-order valence-electron chi connectivity index (χ1n) is 8.72. The van der Waals surface area contributed by atoms with E-state index in [1.165, 1.54) is 6.92 Å². The number of benzene rings is 1. The molecule has 1 aliphatic heterocycles. The van der Waals surface area contributed by atoms with Crippen LogP contribution in [0.3, 0.4) is 0 Å². The van der Waals surface area contributed by atoms with Crippen LogP contribution in [0.5, 0.6) is 5.75 Å². The van der Waals surface area contributed by atoms with Gasteiger partial charge in [-0.05, 0) is 26.0 Å². The second-order valence-corrected chi connectivity index (χ2v) is 6.29. The Morgan fingerprint density at radius 3 is 3.07 bits per heavy atom. The molecule has 1 aromatic carbocycles. The molecule has 3 rings (SSSR count). The summed E-state index contributed by atoms with van der Waals surface area (Å²) in [5.41, 5.74) is 2.07. The van der Waals surface area contributed by atoms with Crippen LogP contribution < -0.4 is 10.1 Å². The van der Waals surface area contributed by atoms with Crippen LogP contribution in [-0.2, 0) is 11.3 Å². The molecular weight excluding hydrogens is 346 g/mol. The highest BCUT2D eigenvalue weighted by atomic mass is 16.5. The summed E-state index contributed by atoms with van der Waals surface area (Å²) in [7, 11) is 1.64. The molecule has 0 radical (unpaired) electrons. The lowest BCUT2D eigenvalue weighted by atomic mass is 10.1. The fourth-order valence-corrected chi connectivity index (χ4v) is 2.81. The van der Waals surface area contributed by atoms with E-state index in [4.69, 9.17) is 19.9 Å². The molecule has 2 N–H and O–H groups in total. The van der Waals surface area contributed by atoms with E-state index in [2.05, 4.69) is 10.3 Å². The van der Waals surface area contributed by atoms with Gasteiger partial charge < -0.3 is 19.4 Å². The molecule has 1 aromatic heterocycles. The van der Waals surface area contributed by atoms with Gasteiger partial charge in [0, 0.05) is 25.4 Å². The van der Waals surface area contributed by atoms with Crippen LogP contribution in [0.15, 0.2) is 29.4 Å². The quantitative estimate of drug-likeness (QED) is 0.461. The lowest BCUT2D eigenvalue weighted by Crippen LogP contribution is -2.32. The molecule has 0 saturated carbocycles. The first-order chi connectivity index (χ1) is 13.0. The molecule has 8 heteroatoms. The minimum Gasteiger partial charge on any atom is -0.491 e. The summed E-state index contributed by atoms with van der Waals surface area (Å²) in [6.45, 7) is 5.12. The Hall–Kier alpha value is -3.00. The van der Waals surface area contributed by atoms with E-state index >= 15 is 0 Å². The number of carbonyl (C=O) groups is 1. The number of carbonyl (C=O) groups excluding carboxylic acids is 1. The molecule has 2 heterocycles. The molecule has 27 heavy (non-hydrogen) atoms. The molecule has 8 nitrogen and oxygen atoms in total. The third kappa shape index (κ3) is 4.06. The monoisotopic (exact) mass is 369 g/mol. The largest absolute Gasteiger partial charge is 0.491 e. The molecule has 0 bridgehead atoms. The highest BCUT2D eigenvalue weighted by Crippen LogP contribution is 2.33. The van der Waals surface area contributed by atoms with E-state index in [0.29, 0.717) is 42.5 Å². The number of hydrogen-bond donors (Lipinski definition) is 2. The van der Waals surface area contributed by atoms with Crippen molar-refractivity contribution in [3.8, 4) is 17.1 Å². The van der Waals surface area contributed by atoms with Gasteiger partial charge in [0.25, 0.3) is 0 Å². The van der Waals surface area contributed by atoms with Crippen LogP contribution in [0.2, 0.25) is 0 Å². The number of ketones is 1. The first-order valence-corrected chi connectivity index (χ1v) is 8.72. The summed E-state index contributed by atoms with van der Waals surface area (Å²) < 4.78 is 13.1. The zero-order chi connectivity index (χ0) is 19.4. The van der Waals surface area contributed by atoms with Crippen LogP contribution in [0.1, 0.15) is 29.9 Å². The van der Waals surface area contributed by atoms with E-state index < -0.39 is 0 Å². The summed E-state index contributed by atoms with van der Waals surface area (Å²) in [5.74, 6) is 1.89. The number of Topliss-reactive ketones (excluding diaryl/α,β-unsaturated/α-hetero) is 1. The molecule has 0 aliphatic carbocycles. The number of aliphatic imine (C=N–C) groups is 1. The molecule has 0 saturated heterocycles. The molecule has 142 valence electrons. The second kappa shape index (κ2) is 8.13. The average molecular weight is 369 g/mol. The predicted octanol–water partition coefficient (Wildman–Crippen LogP) is 2.12. The summed E-state index contributed by atoms with van der Waals surface area (Å²) in [4.78, 5) is 20.5. The van der Waals surface area contributed by atoms with Gasteiger partial charge in [0.05, 0.1) is 18.2 Å². The predicted molar refractivity (Wildman–Crippen MR) is 103 cm³/mol. The van der Waals surface area contributed by atoms with E-state index in [-0.39, 0.29) is 11.9 Å². The van der Waals surface area contributed by atoms with Crippen LogP contribution in [0, 0.1) is 5.41 Å². The molecular formula is C19H23N5O3. The van der Waals surface area contributed by atoms with E-state index in [1.807, 2.05) is 23.8 Å². The van der Waals surface area contributed by atoms with Gasteiger partial charge >= 0.3 is 0 Å². The standard InChI is InChI=1S/C19H23N5O3/c1-12(26-3)9-21-18(22-11-20)16-10-24-6-7-27-17-8-14(13(2)25)4-5-15(17)19(24)23-16/h4-5,8,10-12H,6-7,9H2,1-3H3,(H2,20,21,22). The van der Waals surface area contributed by atoms with Crippen molar-refractivity contribution >= 4 is 18.0 Å². The molecule has 0 spiro atoms. The van der Waals surface area contributed by atoms with Crippen LogP contribution in [0.25, 0.3) is 11.4 Å². The van der Waals surface area contributed by atoms with Gasteiger partial charge in [-0.15, -0.1) is 0 Å². The van der Waals surface area contributed by atoms with Crippen molar-refractivity contribution in [2.24, 2.45) is 4.99 Å². The number of rotatable bonds is 6. The molecule has 0 fully saturated rings. The summed E-state index contributed by atoms with van der Waals surface area (Å²) in [5, 5.41) is 10.5. The topological polar surface area (TPSA) is 102 Å². The average Bonchev–Trinajstić information content (AvgIpc) is 3.00. The Morgan fingerprint density at radius 1 is 1.56 bits per heavy atom. The van der Waals surface area contributed by atoms with Crippen molar-refractivity contribution in [1.82, 2.24) is 14.9 Å². The number of ether oxygens (including phenoxy) is 2. The van der Waals surface area contributed by atoms with Gasteiger partial charge in [0.1, 0.15) is 30.2 Å². The van der Waals surface area contributed by atoms with Crippen molar-refractivity contribution < 1.29 is 14.3 Å². The van der Waals surface area contributed by atoms with Crippen molar-refractivity contribution in [2.45, 2.75) is 26.5 Å². The van der Waals surface area contributed by atoms with Crippen molar-refractivity contribution in [1.29, 1.82) is 5.41 Å². The highest BCUT2D eigenvalue weighted by Gasteiger charge is 2.21. The van der Waals surface area contributed by atoms with Gasteiger partial charge in [-0.1, -0.05) is 6.07 Å².